The third-order valence-electron chi connectivity index (χ3n) is 11.7. The number of hydrogen-bond acceptors (Lipinski definition) is 1. The third kappa shape index (κ3) is 3.34. The van der Waals surface area contributed by atoms with Crippen LogP contribution in [0.3, 0.4) is 0 Å². The Kier molecular flexibility index (Phi) is 5.90. The van der Waals surface area contributed by atoms with Crippen molar-refractivity contribution < 1.29 is 5.11 Å². The highest BCUT2D eigenvalue weighted by molar-refractivity contribution is 5.38. The summed E-state index contributed by atoms with van der Waals surface area (Å²) in [5.41, 5.74) is 6.41. The van der Waals surface area contributed by atoms with E-state index in [1.165, 1.54) is 63.4 Å². The van der Waals surface area contributed by atoms with Gasteiger partial charge in [-0.25, -0.2) is 0 Å². The molecule has 4 aliphatic rings. The second-order valence-electron chi connectivity index (χ2n) is 13.6. The molecule has 2 saturated carbocycles. The summed E-state index contributed by atoms with van der Waals surface area (Å²) in [4.78, 5) is 0. The van der Waals surface area contributed by atoms with Crippen LogP contribution in [-0.2, 0) is 0 Å². The molecule has 4 rings (SSSR count). The third-order valence-corrected chi connectivity index (χ3v) is 11.7. The average Bonchev–Trinajstić information content (AvgIpc) is 2.96. The molecule has 1 heteroatoms. The second kappa shape index (κ2) is 7.75. The molecule has 2 fully saturated rings. The van der Waals surface area contributed by atoms with Gasteiger partial charge in [-0.1, -0.05) is 64.3 Å². The fourth-order valence-corrected chi connectivity index (χ4v) is 9.47. The fourth-order valence-electron chi connectivity index (χ4n) is 9.47. The molecule has 0 aromatic carbocycles. The van der Waals surface area contributed by atoms with Gasteiger partial charge in [0.2, 0.25) is 0 Å². The molecule has 1 N–H and O–H groups in total. The quantitative estimate of drug-likeness (QED) is 0.447. The van der Waals surface area contributed by atoms with Crippen LogP contribution in [0.25, 0.3) is 0 Å². The molecule has 0 aliphatic heterocycles. The molecule has 0 aromatic rings. The van der Waals surface area contributed by atoms with Crippen LogP contribution in [0.2, 0.25) is 0 Å². The van der Waals surface area contributed by atoms with Crippen LogP contribution in [0, 0.1) is 39.4 Å². The molecule has 176 valence electrons. The number of aliphatic hydroxyl groups is 1. The maximum absolute atomic E-state index is 10.8. The molecule has 0 radical (unpaired) electrons. The molecule has 7 atom stereocenters. The summed E-state index contributed by atoms with van der Waals surface area (Å²) in [6.45, 7) is 19.6. The van der Waals surface area contributed by atoms with E-state index < -0.39 is 0 Å². The van der Waals surface area contributed by atoms with Crippen molar-refractivity contribution in [1.82, 2.24) is 0 Å². The van der Waals surface area contributed by atoms with Crippen LogP contribution < -0.4 is 0 Å². The van der Waals surface area contributed by atoms with Gasteiger partial charge in [0.25, 0.3) is 0 Å². The molecule has 4 aliphatic carbocycles. The summed E-state index contributed by atoms with van der Waals surface area (Å²) >= 11 is 0. The van der Waals surface area contributed by atoms with Crippen LogP contribution in [0.1, 0.15) is 120 Å². The van der Waals surface area contributed by atoms with Crippen molar-refractivity contribution in [2.75, 3.05) is 0 Å². The van der Waals surface area contributed by atoms with Crippen LogP contribution in [0.15, 0.2) is 22.8 Å². The highest BCUT2D eigenvalue weighted by Gasteiger charge is 2.63. The van der Waals surface area contributed by atoms with Gasteiger partial charge in [-0.15, -0.1) is 0 Å². The van der Waals surface area contributed by atoms with Gasteiger partial charge in [-0.05, 0) is 117 Å². The average molecular weight is 427 g/mol. The number of rotatable bonds is 4. The Morgan fingerprint density at radius 2 is 1.68 bits per heavy atom. The molecule has 0 amide bonds. The van der Waals surface area contributed by atoms with Gasteiger partial charge >= 0.3 is 0 Å². The largest absolute Gasteiger partial charge is 0.393 e. The molecule has 0 spiro atoms. The first-order valence-corrected chi connectivity index (χ1v) is 13.4. The van der Waals surface area contributed by atoms with E-state index in [2.05, 4.69) is 61.5 Å². The van der Waals surface area contributed by atoms with Crippen LogP contribution >= 0.6 is 0 Å². The first-order chi connectivity index (χ1) is 14.4. The Morgan fingerprint density at radius 3 is 2.35 bits per heavy atom. The summed E-state index contributed by atoms with van der Waals surface area (Å²) in [6.07, 6.45) is 15.2. The van der Waals surface area contributed by atoms with Crippen molar-refractivity contribution in [3.8, 4) is 0 Å². The highest BCUT2D eigenvalue weighted by Crippen LogP contribution is 2.72. The van der Waals surface area contributed by atoms with Gasteiger partial charge in [0.05, 0.1) is 6.10 Å². The standard InChI is InChI=1S/C30H50O/c1-20(2)10-9-11-21(3)22-14-18-30(8)24-12-13-25-27(4,5)26(31)16-17-28(25,6)23(24)15-19-29(22,30)7/h10,21-22,25-26,31H,9,11-19H2,1-8H3/t21-,22-,25?,26+,28+,29+,30-/m0/s1. The topological polar surface area (TPSA) is 20.2 Å². The Hall–Kier alpha value is -0.560. The monoisotopic (exact) mass is 426 g/mol. The fraction of sp³-hybridized carbons (Fsp3) is 0.867. The zero-order valence-corrected chi connectivity index (χ0v) is 21.9. The minimum Gasteiger partial charge on any atom is -0.393 e. The molecule has 0 aromatic heterocycles. The summed E-state index contributed by atoms with van der Waals surface area (Å²) in [7, 11) is 0. The van der Waals surface area contributed by atoms with E-state index in [1.807, 2.05) is 11.1 Å². The summed E-state index contributed by atoms with van der Waals surface area (Å²) < 4.78 is 0. The second-order valence-corrected chi connectivity index (χ2v) is 13.6. The van der Waals surface area contributed by atoms with Gasteiger partial charge in [0.1, 0.15) is 0 Å². The van der Waals surface area contributed by atoms with Crippen LogP contribution in [-0.4, -0.2) is 11.2 Å². The van der Waals surface area contributed by atoms with Gasteiger partial charge in [0.15, 0.2) is 0 Å². The molecule has 0 heterocycles. The molecule has 1 unspecified atom stereocenters. The Balaban J connectivity index is 1.65. The predicted molar refractivity (Wildman–Crippen MR) is 133 cm³/mol. The Labute approximate surface area is 193 Å². The maximum Gasteiger partial charge on any atom is 0.0594 e. The zero-order valence-electron chi connectivity index (χ0n) is 21.9. The van der Waals surface area contributed by atoms with E-state index in [0.717, 1.165) is 18.3 Å². The molecule has 31 heavy (non-hydrogen) atoms. The normalized spacial score (nSPS) is 44.9. The van der Waals surface area contributed by atoms with Gasteiger partial charge in [-0.2, -0.15) is 0 Å². The minimum absolute atomic E-state index is 0.0465. The van der Waals surface area contributed by atoms with Crippen LogP contribution in [0.4, 0.5) is 0 Å². The first kappa shape index (κ1) is 23.6. The molecular formula is C30H50O. The van der Waals surface area contributed by atoms with E-state index >= 15 is 0 Å². The van der Waals surface area contributed by atoms with Gasteiger partial charge in [0, 0.05) is 0 Å². The van der Waals surface area contributed by atoms with E-state index in [0.29, 0.717) is 22.2 Å². The lowest BCUT2D eigenvalue weighted by Crippen LogP contribution is -2.55. The molecule has 0 bridgehead atoms. The number of aliphatic hydroxyl groups excluding tert-OH is 1. The van der Waals surface area contributed by atoms with Crippen molar-refractivity contribution in [2.45, 2.75) is 126 Å². The highest BCUT2D eigenvalue weighted by atomic mass is 16.3. The summed E-state index contributed by atoms with van der Waals surface area (Å²) in [6, 6.07) is 0. The van der Waals surface area contributed by atoms with Crippen LogP contribution in [0.5, 0.6) is 0 Å². The van der Waals surface area contributed by atoms with E-state index in [-0.39, 0.29) is 11.5 Å². The smallest absolute Gasteiger partial charge is 0.0594 e. The summed E-state index contributed by atoms with van der Waals surface area (Å²) in [5, 5.41) is 10.8. The molecular weight excluding hydrogens is 376 g/mol. The molecule has 0 saturated heterocycles. The lowest BCUT2D eigenvalue weighted by atomic mass is 9.43. The first-order valence-electron chi connectivity index (χ1n) is 13.4. The number of allylic oxidation sites excluding steroid dienone is 4. The lowest BCUT2D eigenvalue weighted by molar-refractivity contribution is -0.0962. The number of hydrogen-bond donors (Lipinski definition) is 1. The Morgan fingerprint density at radius 1 is 0.968 bits per heavy atom. The van der Waals surface area contributed by atoms with Crippen molar-refractivity contribution in [3.05, 3.63) is 22.8 Å². The minimum atomic E-state index is -0.130. The van der Waals surface area contributed by atoms with Gasteiger partial charge in [-0.3, -0.25) is 0 Å². The number of fused-ring (bicyclic) bond motifs is 4. The maximum atomic E-state index is 10.8. The van der Waals surface area contributed by atoms with E-state index in [1.54, 1.807) is 0 Å². The van der Waals surface area contributed by atoms with E-state index in [4.69, 9.17) is 0 Å². The lowest BCUT2D eigenvalue weighted by Gasteiger charge is -2.62. The zero-order chi connectivity index (χ0) is 22.8. The Bertz CT molecular complexity index is 767. The van der Waals surface area contributed by atoms with E-state index in [9.17, 15) is 5.11 Å². The molecule has 1 nitrogen and oxygen atoms in total. The predicted octanol–water partition coefficient (Wildman–Crippen LogP) is 8.48. The summed E-state index contributed by atoms with van der Waals surface area (Å²) in [5.74, 6) is 2.32. The van der Waals surface area contributed by atoms with Crippen molar-refractivity contribution in [2.24, 2.45) is 39.4 Å². The van der Waals surface area contributed by atoms with Crippen molar-refractivity contribution in [3.63, 3.8) is 0 Å². The SMILES string of the molecule is CC(C)=CCC[C@H](C)[C@@H]1CC[C@@]2(C)C3=C(CC[C@]12C)[C@@]1(C)CC[C@@H](O)C(C)(C)C1CC3. The van der Waals surface area contributed by atoms with Crippen molar-refractivity contribution in [1.29, 1.82) is 0 Å². The van der Waals surface area contributed by atoms with Crippen molar-refractivity contribution >= 4 is 0 Å². The van der Waals surface area contributed by atoms with Gasteiger partial charge < -0.3 is 5.11 Å².